The molecule has 0 aliphatic heterocycles. The predicted molar refractivity (Wildman–Crippen MR) is 106 cm³/mol. The zero-order chi connectivity index (χ0) is 20.8. The number of para-hydroxylation sites is 2. The first kappa shape index (κ1) is 20.1. The number of hydrogen-bond donors (Lipinski definition) is 1. The van der Waals surface area contributed by atoms with Crippen LogP contribution in [-0.2, 0) is 11.3 Å². The first-order valence-corrected chi connectivity index (χ1v) is 9.01. The average Bonchev–Trinajstić information content (AvgIpc) is 3.12. The van der Waals surface area contributed by atoms with Crippen LogP contribution < -0.4 is 10.1 Å². The summed E-state index contributed by atoms with van der Waals surface area (Å²) in [5, 5.41) is 2.44. The van der Waals surface area contributed by atoms with Gasteiger partial charge in [0.1, 0.15) is 23.1 Å². The van der Waals surface area contributed by atoms with E-state index in [-0.39, 0.29) is 24.0 Å². The number of anilines is 1. The van der Waals surface area contributed by atoms with Crippen molar-refractivity contribution in [2.45, 2.75) is 13.5 Å². The van der Waals surface area contributed by atoms with Crippen molar-refractivity contribution in [2.24, 2.45) is 0 Å². The Bertz CT molecular complexity index is 1020. The zero-order valence-corrected chi connectivity index (χ0v) is 16.1. The summed E-state index contributed by atoms with van der Waals surface area (Å²) in [7, 11) is 1.65. The molecule has 150 valence electrons. The number of carbonyl (C=O) groups is 2. The lowest BCUT2D eigenvalue weighted by atomic mass is 10.1. The number of nitrogens with one attached hydrogen (secondary N) is 1. The summed E-state index contributed by atoms with van der Waals surface area (Å²) in [5.41, 5.74) is 0.385. The van der Waals surface area contributed by atoms with E-state index in [1.165, 1.54) is 23.1 Å². The Balaban J connectivity index is 1.64. The minimum atomic E-state index is -0.536. The van der Waals surface area contributed by atoms with Crippen LogP contribution in [0.4, 0.5) is 10.1 Å². The van der Waals surface area contributed by atoms with Crippen LogP contribution in [0.25, 0.3) is 0 Å². The number of amides is 2. The molecule has 0 bridgehead atoms. The highest BCUT2D eigenvalue weighted by molar-refractivity contribution is 5.97. The van der Waals surface area contributed by atoms with Crippen LogP contribution >= 0.6 is 0 Å². The highest BCUT2D eigenvalue weighted by atomic mass is 19.1. The molecule has 0 atom stereocenters. The van der Waals surface area contributed by atoms with Crippen molar-refractivity contribution < 1.29 is 23.1 Å². The van der Waals surface area contributed by atoms with Crippen molar-refractivity contribution in [1.82, 2.24) is 4.90 Å². The Morgan fingerprint density at radius 3 is 2.52 bits per heavy atom. The van der Waals surface area contributed by atoms with Crippen molar-refractivity contribution in [3.63, 3.8) is 0 Å². The third kappa shape index (κ3) is 5.22. The van der Waals surface area contributed by atoms with Crippen molar-refractivity contribution >= 4 is 17.5 Å². The predicted octanol–water partition coefficient (Wildman–Crippen LogP) is 4.02. The summed E-state index contributed by atoms with van der Waals surface area (Å²) < 4.78 is 24.7. The molecule has 0 unspecified atom stereocenters. The number of ether oxygens (including phenoxy) is 1. The summed E-state index contributed by atoms with van der Waals surface area (Å²) in [5.74, 6) is 0.363. The molecule has 1 aromatic heterocycles. The number of nitrogens with zero attached hydrogens (tertiary/aromatic N) is 1. The normalized spacial score (nSPS) is 10.4. The van der Waals surface area contributed by atoms with E-state index in [9.17, 15) is 14.0 Å². The average molecular weight is 396 g/mol. The number of rotatable bonds is 7. The molecule has 29 heavy (non-hydrogen) atoms. The van der Waals surface area contributed by atoms with Crippen LogP contribution in [0.5, 0.6) is 5.75 Å². The quantitative estimate of drug-likeness (QED) is 0.655. The van der Waals surface area contributed by atoms with Gasteiger partial charge >= 0.3 is 0 Å². The Labute approximate surface area is 167 Å². The van der Waals surface area contributed by atoms with Crippen LogP contribution in [0.2, 0.25) is 0 Å². The first-order chi connectivity index (χ1) is 13.9. The Morgan fingerprint density at radius 1 is 1.07 bits per heavy atom. The topological polar surface area (TPSA) is 71.8 Å². The fraction of sp³-hybridized carbons (Fsp3) is 0.182. The molecule has 3 aromatic rings. The molecule has 1 N–H and O–H groups in total. The molecule has 0 radical (unpaired) electrons. The molecule has 1 heterocycles. The van der Waals surface area contributed by atoms with E-state index in [0.717, 1.165) is 5.76 Å². The zero-order valence-electron chi connectivity index (χ0n) is 16.1. The molecule has 0 saturated heterocycles. The van der Waals surface area contributed by atoms with Gasteiger partial charge in [0.05, 0.1) is 17.8 Å². The van der Waals surface area contributed by atoms with Crippen LogP contribution in [-0.4, -0.2) is 30.4 Å². The number of benzene rings is 2. The highest BCUT2D eigenvalue weighted by Crippen LogP contribution is 2.21. The van der Waals surface area contributed by atoms with Crippen molar-refractivity contribution in [3.05, 3.63) is 83.6 Å². The van der Waals surface area contributed by atoms with E-state index < -0.39 is 11.7 Å². The summed E-state index contributed by atoms with van der Waals surface area (Å²) >= 11 is 0. The van der Waals surface area contributed by atoms with Crippen LogP contribution in [0, 0.1) is 12.7 Å². The summed E-state index contributed by atoms with van der Waals surface area (Å²) in [4.78, 5) is 26.4. The number of furan rings is 1. The van der Waals surface area contributed by atoms with Crippen LogP contribution in [0.3, 0.4) is 0 Å². The fourth-order valence-electron chi connectivity index (χ4n) is 2.74. The van der Waals surface area contributed by atoms with Gasteiger partial charge in [0, 0.05) is 7.05 Å². The van der Waals surface area contributed by atoms with Gasteiger partial charge in [-0.2, -0.15) is 0 Å². The first-order valence-electron chi connectivity index (χ1n) is 9.01. The second kappa shape index (κ2) is 9.05. The second-order valence-corrected chi connectivity index (χ2v) is 6.49. The van der Waals surface area contributed by atoms with E-state index in [1.807, 2.05) is 19.1 Å². The molecule has 7 heteroatoms. The molecule has 0 spiro atoms. The lowest BCUT2D eigenvalue weighted by Crippen LogP contribution is -2.27. The highest BCUT2D eigenvalue weighted by Gasteiger charge is 2.18. The Kier molecular flexibility index (Phi) is 6.29. The van der Waals surface area contributed by atoms with Gasteiger partial charge in [-0.25, -0.2) is 4.39 Å². The molecule has 2 aromatic carbocycles. The third-order valence-electron chi connectivity index (χ3n) is 4.16. The van der Waals surface area contributed by atoms with E-state index in [0.29, 0.717) is 17.9 Å². The van der Waals surface area contributed by atoms with E-state index >= 15 is 0 Å². The van der Waals surface area contributed by atoms with Gasteiger partial charge in [-0.05, 0) is 43.3 Å². The molecular weight excluding hydrogens is 375 g/mol. The summed E-state index contributed by atoms with van der Waals surface area (Å²) in [6.45, 7) is 1.77. The van der Waals surface area contributed by atoms with Crippen LogP contribution in [0.15, 0.2) is 65.1 Å². The molecule has 0 aliphatic carbocycles. The maximum atomic E-state index is 13.6. The van der Waals surface area contributed by atoms with Gasteiger partial charge in [0.15, 0.2) is 6.61 Å². The lowest BCUT2D eigenvalue weighted by molar-refractivity contribution is -0.118. The number of carbonyl (C=O) groups excluding carboxylic acids is 2. The lowest BCUT2D eigenvalue weighted by Gasteiger charge is -2.18. The molecule has 3 rings (SSSR count). The van der Waals surface area contributed by atoms with E-state index in [4.69, 9.17) is 9.15 Å². The maximum Gasteiger partial charge on any atom is 0.262 e. The molecular formula is C22H21FN2O4. The standard InChI is InChI=1S/C22H21FN2O4/c1-15-11-12-16(29-15)13-25(2)22(27)17-7-3-6-10-20(17)28-14-21(26)24-19-9-5-4-8-18(19)23/h3-12H,13-14H2,1-2H3,(H,24,26). The van der Waals surface area contributed by atoms with Gasteiger partial charge in [-0.3, -0.25) is 9.59 Å². The van der Waals surface area contributed by atoms with Gasteiger partial charge in [-0.1, -0.05) is 24.3 Å². The Hall–Kier alpha value is -3.61. The minimum absolute atomic E-state index is 0.0685. The van der Waals surface area contributed by atoms with Gasteiger partial charge < -0.3 is 19.4 Å². The summed E-state index contributed by atoms with van der Waals surface area (Å²) in [6, 6.07) is 16.1. The van der Waals surface area contributed by atoms with Crippen molar-refractivity contribution in [1.29, 1.82) is 0 Å². The maximum absolute atomic E-state index is 13.6. The van der Waals surface area contributed by atoms with Crippen LogP contribution in [0.1, 0.15) is 21.9 Å². The number of halogens is 1. The fourth-order valence-corrected chi connectivity index (χ4v) is 2.74. The Morgan fingerprint density at radius 2 is 1.79 bits per heavy atom. The molecule has 0 saturated carbocycles. The van der Waals surface area contributed by atoms with Gasteiger partial charge in [-0.15, -0.1) is 0 Å². The molecule has 0 aliphatic rings. The SMILES string of the molecule is Cc1ccc(CN(C)C(=O)c2ccccc2OCC(=O)Nc2ccccc2F)o1. The van der Waals surface area contributed by atoms with E-state index in [1.54, 1.807) is 37.4 Å². The largest absolute Gasteiger partial charge is 0.483 e. The number of aryl methyl sites for hydroxylation is 1. The molecule has 2 amide bonds. The van der Waals surface area contributed by atoms with E-state index in [2.05, 4.69) is 5.32 Å². The summed E-state index contributed by atoms with van der Waals surface area (Å²) in [6.07, 6.45) is 0. The van der Waals surface area contributed by atoms with Gasteiger partial charge in [0.2, 0.25) is 0 Å². The van der Waals surface area contributed by atoms with Gasteiger partial charge in [0.25, 0.3) is 11.8 Å². The smallest absolute Gasteiger partial charge is 0.262 e. The molecule has 6 nitrogen and oxygen atoms in total. The number of hydrogen-bond acceptors (Lipinski definition) is 4. The van der Waals surface area contributed by atoms with Crippen molar-refractivity contribution in [2.75, 3.05) is 19.0 Å². The monoisotopic (exact) mass is 396 g/mol. The third-order valence-corrected chi connectivity index (χ3v) is 4.16. The second-order valence-electron chi connectivity index (χ2n) is 6.49. The van der Waals surface area contributed by atoms with Crippen molar-refractivity contribution in [3.8, 4) is 5.75 Å². The molecule has 0 fully saturated rings. The minimum Gasteiger partial charge on any atom is -0.483 e.